The van der Waals surface area contributed by atoms with E-state index in [2.05, 4.69) is 5.32 Å². The Labute approximate surface area is 171 Å². The number of hydrogen-bond acceptors (Lipinski definition) is 4. The maximum absolute atomic E-state index is 6.43. The highest BCUT2D eigenvalue weighted by Gasteiger charge is 2.13. The van der Waals surface area contributed by atoms with Gasteiger partial charge in [-0.2, -0.15) is 0 Å². The van der Waals surface area contributed by atoms with E-state index in [0.29, 0.717) is 47.9 Å². The molecule has 26 heavy (non-hydrogen) atoms. The average molecular weight is 421 g/mol. The summed E-state index contributed by atoms with van der Waals surface area (Å²) in [4.78, 5) is 0. The second-order valence-electron chi connectivity index (χ2n) is 5.39. The fraction of sp³-hybridized carbons (Fsp3) is 0.368. The zero-order chi connectivity index (χ0) is 18.1. The summed E-state index contributed by atoms with van der Waals surface area (Å²) in [5, 5.41) is 4.46. The van der Waals surface area contributed by atoms with Gasteiger partial charge in [-0.3, -0.25) is 0 Å². The molecule has 2 aromatic rings. The third-order valence-corrected chi connectivity index (χ3v) is 4.16. The first-order valence-corrected chi connectivity index (χ1v) is 8.92. The lowest BCUT2D eigenvalue weighted by molar-refractivity contribution is 0.199. The summed E-state index contributed by atoms with van der Waals surface area (Å²) in [7, 11) is 1.68. The van der Waals surface area contributed by atoms with Crippen LogP contribution in [0.1, 0.15) is 18.1 Å². The molecule has 0 aliphatic heterocycles. The van der Waals surface area contributed by atoms with Crippen molar-refractivity contribution >= 4 is 35.6 Å². The van der Waals surface area contributed by atoms with Crippen molar-refractivity contribution in [3.05, 3.63) is 57.6 Å². The van der Waals surface area contributed by atoms with Crippen molar-refractivity contribution in [1.29, 1.82) is 0 Å². The van der Waals surface area contributed by atoms with E-state index in [1.54, 1.807) is 7.11 Å². The van der Waals surface area contributed by atoms with E-state index in [1.165, 1.54) is 0 Å². The summed E-state index contributed by atoms with van der Waals surface area (Å²) in [5.41, 5.74) is 1.92. The van der Waals surface area contributed by atoms with Crippen LogP contribution in [0.5, 0.6) is 11.5 Å². The molecule has 0 fully saturated rings. The van der Waals surface area contributed by atoms with Crippen LogP contribution in [0, 0.1) is 0 Å². The second kappa shape index (κ2) is 12.3. The SMILES string of the molecule is CCOc1cc(CNCCOC)cc(Cl)c1OCc1ccccc1Cl.Cl. The molecule has 0 bridgehead atoms. The van der Waals surface area contributed by atoms with Crippen LogP contribution in [0.3, 0.4) is 0 Å². The smallest absolute Gasteiger partial charge is 0.180 e. The van der Waals surface area contributed by atoms with Crippen LogP contribution in [0.2, 0.25) is 10.0 Å². The molecule has 0 atom stereocenters. The van der Waals surface area contributed by atoms with Crippen molar-refractivity contribution in [2.75, 3.05) is 26.9 Å². The molecular formula is C19H24Cl3NO3. The number of hydrogen-bond donors (Lipinski definition) is 1. The van der Waals surface area contributed by atoms with Gasteiger partial charge < -0.3 is 19.5 Å². The highest BCUT2D eigenvalue weighted by atomic mass is 35.5. The molecule has 4 nitrogen and oxygen atoms in total. The van der Waals surface area contributed by atoms with Crippen molar-refractivity contribution in [2.45, 2.75) is 20.1 Å². The third-order valence-electron chi connectivity index (χ3n) is 3.51. The zero-order valence-corrected chi connectivity index (χ0v) is 17.2. The first-order valence-electron chi connectivity index (χ1n) is 8.16. The summed E-state index contributed by atoms with van der Waals surface area (Å²) in [6.07, 6.45) is 0. The lowest BCUT2D eigenvalue weighted by Crippen LogP contribution is -2.18. The monoisotopic (exact) mass is 419 g/mol. The van der Waals surface area contributed by atoms with Crippen molar-refractivity contribution < 1.29 is 14.2 Å². The molecule has 0 amide bonds. The maximum atomic E-state index is 6.43. The minimum absolute atomic E-state index is 0. The largest absolute Gasteiger partial charge is 0.490 e. The standard InChI is InChI=1S/C19H23Cl2NO3.ClH/c1-3-24-18-11-14(12-22-8-9-23-2)10-17(21)19(18)25-13-15-6-4-5-7-16(15)20;/h4-7,10-11,22H,3,8-9,12-13H2,1-2H3;1H. The highest BCUT2D eigenvalue weighted by Crippen LogP contribution is 2.37. The topological polar surface area (TPSA) is 39.7 Å². The Bertz CT molecular complexity index is 683. The molecule has 0 heterocycles. The van der Waals surface area contributed by atoms with Gasteiger partial charge in [0.05, 0.1) is 18.2 Å². The van der Waals surface area contributed by atoms with Gasteiger partial charge in [-0.05, 0) is 30.7 Å². The van der Waals surface area contributed by atoms with E-state index in [1.807, 2.05) is 43.3 Å². The molecule has 0 spiro atoms. The fourth-order valence-electron chi connectivity index (χ4n) is 2.30. The summed E-state index contributed by atoms with van der Waals surface area (Å²) >= 11 is 12.6. The Morgan fingerprint density at radius 2 is 1.81 bits per heavy atom. The van der Waals surface area contributed by atoms with Gasteiger partial charge in [-0.25, -0.2) is 0 Å². The molecule has 2 aromatic carbocycles. The lowest BCUT2D eigenvalue weighted by Gasteiger charge is -2.16. The van der Waals surface area contributed by atoms with E-state index < -0.39 is 0 Å². The Kier molecular flexibility index (Phi) is 10.8. The second-order valence-corrected chi connectivity index (χ2v) is 6.20. The Hall–Kier alpha value is -1.17. The molecule has 0 unspecified atom stereocenters. The molecule has 0 saturated heterocycles. The van der Waals surface area contributed by atoms with E-state index >= 15 is 0 Å². The Balaban J connectivity index is 0.00000338. The quantitative estimate of drug-likeness (QED) is 0.541. The predicted octanol–water partition coefficient (Wildman–Crippen LogP) is 5.13. The number of halogens is 3. The fourth-order valence-corrected chi connectivity index (χ4v) is 2.78. The Morgan fingerprint density at radius 1 is 1.04 bits per heavy atom. The molecule has 0 aromatic heterocycles. The van der Waals surface area contributed by atoms with E-state index in [9.17, 15) is 0 Å². The summed E-state index contributed by atoms with van der Waals surface area (Å²) in [6, 6.07) is 11.4. The van der Waals surface area contributed by atoms with E-state index in [-0.39, 0.29) is 12.4 Å². The molecular weight excluding hydrogens is 397 g/mol. The van der Waals surface area contributed by atoms with Gasteiger partial charge in [0, 0.05) is 30.8 Å². The van der Waals surface area contributed by atoms with Crippen molar-refractivity contribution in [3.8, 4) is 11.5 Å². The van der Waals surface area contributed by atoms with Crippen molar-refractivity contribution in [1.82, 2.24) is 5.32 Å². The Morgan fingerprint density at radius 3 is 2.50 bits per heavy atom. The van der Waals surface area contributed by atoms with Crippen LogP contribution in [0.25, 0.3) is 0 Å². The molecule has 7 heteroatoms. The lowest BCUT2D eigenvalue weighted by atomic mass is 10.2. The maximum Gasteiger partial charge on any atom is 0.180 e. The average Bonchev–Trinajstić information content (AvgIpc) is 2.60. The number of methoxy groups -OCH3 is 1. The van der Waals surface area contributed by atoms with Crippen molar-refractivity contribution in [2.24, 2.45) is 0 Å². The third kappa shape index (κ3) is 6.86. The number of ether oxygens (including phenoxy) is 3. The summed E-state index contributed by atoms with van der Waals surface area (Å²) < 4.78 is 16.6. The minimum atomic E-state index is 0. The van der Waals surface area contributed by atoms with Crippen molar-refractivity contribution in [3.63, 3.8) is 0 Å². The summed E-state index contributed by atoms with van der Waals surface area (Å²) in [6.45, 7) is 4.88. The van der Waals surface area contributed by atoms with Gasteiger partial charge in [0.25, 0.3) is 0 Å². The van der Waals surface area contributed by atoms with Gasteiger partial charge >= 0.3 is 0 Å². The number of rotatable bonds is 10. The van der Waals surface area contributed by atoms with Crippen LogP contribution < -0.4 is 14.8 Å². The van der Waals surface area contributed by atoms with Gasteiger partial charge in [-0.1, -0.05) is 41.4 Å². The van der Waals surface area contributed by atoms with Gasteiger partial charge in [0.1, 0.15) is 6.61 Å². The predicted molar refractivity (Wildman–Crippen MR) is 109 cm³/mol. The molecule has 2 rings (SSSR count). The van der Waals surface area contributed by atoms with Crippen LogP contribution >= 0.6 is 35.6 Å². The highest BCUT2D eigenvalue weighted by molar-refractivity contribution is 6.32. The summed E-state index contributed by atoms with van der Waals surface area (Å²) in [5.74, 6) is 1.16. The van der Waals surface area contributed by atoms with Gasteiger partial charge in [-0.15, -0.1) is 12.4 Å². The van der Waals surface area contributed by atoms with E-state index in [4.69, 9.17) is 37.4 Å². The van der Waals surface area contributed by atoms with Crippen LogP contribution in [0.4, 0.5) is 0 Å². The van der Waals surface area contributed by atoms with E-state index in [0.717, 1.165) is 17.7 Å². The zero-order valence-electron chi connectivity index (χ0n) is 14.9. The minimum Gasteiger partial charge on any atom is -0.490 e. The first-order chi connectivity index (χ1) is 12.2. The normalized spacial score (nSPS) is 10.3. The number of benzene rings is 2. The van der Waals surface area contributed by atoms with Crippen LogP contribution in [-0.4, -0.2) is 26.9 Å². The van der Waals surface area contributed by atoms with Gasteiger partial charge in [0.2, 0.25) is 0 Å². The van der Waals surface area contributed by atoms with Crippen LogP contribution in [0.15, 0.2) is 36.4 Å². The molecule has 0 aliphatic rings. The van der Waals surface area contributed by atoms with Crippen LogP contribution in [-0.2, 0) is 17.9 Å². The molecule has 0 aliphatic carbocycles. The first kappa shape index (κ1) is 22.9. The molecule has 0 saturated carbocycles. The van der Waals surface area contributed by atoms with Gasteiger partial charge in [0.15, 0.2) is 11.5 Å². The molecule has 0 radical (unpaired) electrons. The number of nitrogens with one attached hydrogen (secondary N) is 1. The molecule has 1 N–H and O–H groups in total. The molecule has 144 valence electrons.